The first-order chi connectivity index (χ1) is 9.54. The van der Waals surface area contributed by atoms with E-state index in [0.29, 0.717) is 18.1 Å². The lowest BCUT2D eigenvalue weighted by molar-refractivity contribution is -0.133. The average molecular weight is 280 g/mol. The molecule has 1 amide bonds. The van der Waals surface area contributed by atoms with E-state index < -0.39 is 6.04 Å². The van der Waals surface area contributed by atoms with Gasteiger partial charge in [0.25, 0.3) is 0 Å². The van der Waals surface area contributed by atoms with Crippen LogP contribution in [0.15, 0.2) is 4.52 Å². The molecule has 1 aliphatic heterocycles. The van der Waals surface area contributed by atoms with Crippen molar-refractivity contribution in [3.8, 4) is 0 Å². The molecule has 1 saturated heterocycles. The number of carbonyl (C=O) groups excluding carboxylic acids is 1. The van der Waals surface area contributed by atoms with Crippen LogP contribution in [0.1, 0.15) is 70.1 Å². The summed E-state index contributed by atoms with van der Waals surface area (Å²) in [7, 11) is 0. The molecule has 1 aromatic rings. The van der Waals surface area contributed by atoms with Crippen molar-refractivity contribution in [2.45, 2.75) is 64.5 Å². The largest absolute Gasteiger partial charge is 0.339 e. The minimum absolute atomic E-state index is 0.00486. The molecule has 112 valence electrons. The van der Waals surface area contributed by atoms with Crippen LogP contribution in [0.25, 0.3) is 0 Å². The van der Waals surface area contributed by atoms with Crippen LogP contribution in [0.4, 0.5) is 0 Å². The van der Waals surface area contributed by atoms with Gasteiger partial charge in [0.1, 0.15) is 0 Å². The third kappa shape index (κ3) is 3.00. The number of hydrogen-bond acceptors (Lipinski definition) is 5. The Balaban J connectivity index is 2.12. The van der Waals surface area contributed by atoms with Gasteiger partial charge < -0.3 is 15.2 Å². The van der Waals surface area contributed by atoms with Crippen molar-refractivity contribution in [1.29, 1.82) is 0 Å². The lowest BCUT2D eigenvalue weighted by Gasteiger charge is -2.25. The Labute approximate surface area is 119 Å². The monoisotopic (exact) mass is 280 g/mol. The quantitative estimate of drug-likeness (QED) is 0.891. The Bertz CT molecular complexity index is 458. The fourth-order valence-corrected chi connectivity index (χ4v) is 2.56. The van der Waals surface area contributed by atoms with Crippen molar-refractivity contribution in [2.24, 2.45) is 5.73 Å². The zero-order chi connectivity index (χ0) is 14.7. The van der Waals surface area contributed by atoms with Gasteiger partial charge >= 0.3 is 0 Å². The fraction of sp³-hybridized carbons (Fsp3) is 0.786. The minimum atomic E-state index is -0.419. The number of likely N-dealkylation sites (tertiary alicyclic amines) is 1. The van der Waals surface area contributed by atoms with Gasteiger partial charge in [-0.1, -0.05) is 32.3 Å². The Morgan fingerprint density at radius 2 is 2.30 bits per heavy atom. The summed E-state index contributed by atoms with van der Waals surface area (Å²) in [5.41, 5.74) is 5.95. The van der Waals surface area contributed by atoms with Crippen molar-refractivity contribution >= 4 is 5.91 Å². The van der Waals surface area contributed by atoms with Crippen LogP contribution in [0.3, 0.4) is 0 Å². The lowest BCUT2D eigenvalue weighted by atomic mass is 10.1. The number of rotatable bonds is 5. The van der Waals surface area contributed by atoms with Crippen molar-refractivity contribution in [2.75, 3.05) is 6.54 Å². The highest BCUT2D eigenvalue weighted by molar-refractivity contribution is 5.82. The summed E-state index contributed by atoms with van der Waals surface area (Å²) in [5, 5.41) is 4.04. The molecule has 2 N–H and O–H groups in total. The van der Waals surface area contributed by atoms with Crippen LogP contribution in [0.5, 0.6) is 0 Å². The predicted molar refractivity (Wildman–Crippen MR) is 75.0 cm³/mol. The van der Waals surface area contributed by atoms with Crippen LogP contribution < -0.4 is 5.73 Å². The molecule has 1 aromatic heterocycles. The number of carbonyl (C=O) groups is 1. The Morgan fingerprint density at radius 1 is 1.55 bits per heavy atom. The predicted octanol–water partition coefficient (Wildman–Crippen LogP) is 1.98. The molecular weight excluding hydrogens is 256 g/mol. The van der Waals surface area contributed by atoms with Gasteiger partial charge in [-0.25, -0.2) is 0 Å². The number of amides is 1. The van der Waals surface area contributed by atoms with Crippen molar-refractivity contribution in [3.05, 3.63) is 11.7 Å². The van der Waals surface area contributed by atoms with E-state index in [1.54, 1.807) is 0 Å². The zero-order valence-corrected chi connectivity index (χ0v) is 12.5. The highest BCUT2D eigenvalue weighted by Crippen LogP contribution is 2.31. The number of hydrogen-bond donors (Lipinski definition) is 1. The van der Waals surface area contributed by atoms with Crippen molar-refractivity contribution in [1.82, 2.24) is 15.0 Å². The van der Waals surface area contributed by atoms with Gasteiger partial charge in [-0.3, -0.25) is 4.79 Å². The summed E-state index contributed by atoms with van der Waals surface area (Å²) in [6, 6.07) is -0.501. The van der Waals surface area contributed by atoms with Gasteiger partial charge in [0.2, 0.25) is 11.8 Å². The first-order valence-corrected chi connectivity index (χ1v) is 7.44. The van der Waals surface area contributed by atoms with Gasteiger partial charge in [-0.2, -0.15) is 4.98 Å². The van der Waals surface area contributed by atoms with E-state index in [1.165, 1.54) is 0 Å². The number of nitrogens with zero attached hydrogens (tertiary/aromatic N) is 3. The van der Waals surface area contributed by atoms with E-state index in [-0.39, 0.29) is 17.9 Å². The third-order valence-electron chi connectivity index (χ3n) is 3.70. The van der Waals surface area contributed by atoms with E-state index in [1.807, 2.05) is 25.7 Å². The van der Waals surface area contributed by atoms with E-state index in [0.717, 1.165) is 25.8 Å². The summed E-state index contributed by atoms with van der Waals surface area (Å²) < 4.78 is 5.24. The molecule has 0 radical (unpaired) electrons. The summed E-state index contributed by atoms with van der Waals surface area (Å²) in [4.78, 5) is 18.6. The molecule has 20 heavy (non-hydrogen) atoms. The molecule has 2 heterocycles. The van der Waals surface area contributed by atoms with Crippen LogP contribution in [0, 0.1) is 0 Å². The SMILES string of the molecule is CCCC(N)C(=O)N1CCCC1c1noc(C(C)C)n1. The molecule has 6 heteroatoms. The van der Waals surface area contributed by atoms with E-state index >= 15 is 0 Å². The van der Waals surface area contributed by atoms with Gasteiger partial charge in [-0.15, -0.1) is 0 Å². The fourth-order valence-electron chi connectivity index (χ4n) is 2.56. The van der Waals surface area contributed by atoms with Crippen LogP contribution >= 0.6 is 0 Å². The van der Waals surface area contributed by atoms with Crippen LogP contribution in [0.2, 0.25) is 0 Å². The molecule has 6 nitrogen and oxygen atoms in total. The van der Waals surface area contributed by atoms with Crippen molar-refractivity contribution in [3.63, 3.8) is 0 Å². The van der Waals surface area contributed by atoms with Gasteiger partial charge in [-0.05, 0) is 19.3 Å². The maximum Gasteiger partial charge on any atom is 0.240 e. The maximum absolute atomic E-state index is 12.4. The second-order valence-electron chi connectivity index (χ2n) is 5.73. The highest BCUT2D eigenvalue weighted by atomic mass is 16.5. The molecule has 1 fully saturated rings. The zero-order valence-electron chi connectivity index (χ0n) is 12.5. The van der Waals surface area contributed by atoms with Crippen LogP contribution in [-0.2, 0) is 4.79 Å². The molecule has 2 unspecified atom stereocenters. The highest BCUT2D eigenvalue weighted by Gasteiger charge is 2.35. The second kappa shape index (κ2) is 6.35. The third-order valence-corrected chi connectivity index (χ3v) is 3.70. The minimum Gasteiger partial charge on any atom is -0.339 e. The summed E-state index contributed by atoms with van der Waals surface area (Å²) in [6.07, 6.45) is 3.46. The molecule has 2 atom stereocenters. The van der Waals surface area contributed by atoms with E-state index in [4.69, 9.17) is 10.3 Å². The van der Waals surface area contributed by atoms with Gasteiger partial charge in [0.05, 0.1) is 12.1 Å². The molecule has 0 aliphatic carbocycles. The Hall–Kier alpha value is -1.43. The Kier molecular flexibility index (Phi) is 4.75. The normalized spacial score (nSPS) is 20.6. The summed E-state index contributed by atoms with van der Waals surface area (Å²) >= 11 is 0. The molecule has 0 bridgehead atoms. The molecule has 1 aliphatic rings. The van der Waals surface area contributed by atoms with E-state index in [9.17, 15) is 4.79 Å². The van der Waals surface area contributed by atoms with E-state index in [2.05, 4.69) is 10.1 Å². The Morgan fingerprint density at radius 3 is 2.90 bits per heavy atom. The smallest absolute Gasteiger partial charge is 0.240 e. The topological polar surface area (TPSA) is 85.3 Å². The maximum atomic E-state index is 12.4. The average Bonchev–Trinajstić information content (AvgIpc) is 3.06. The number of nitrogens with two attached hydrogens (primary N) is 1. The molecule has 0 spiro atoms. The summed E-state index contributed by atoms with van der Waals surface area (Å²) in [5.74, 6) is 1.44. The van der Waals surface area contributed by atoms with Gasteiger partial charge in [0.15, 0.2) is 5.82 Å². The molecule has 0 saturated carbocycles. The molecule has 0 aromatic carbocycles. The first kappa shape index (κ1) is 15.0. The molecule has 2 rings (SSSR count). The standard InChI is InChI=1S/C14H24N4O2/c1-4-6-10(15)14(19)18-8-5-7-11(18)12-16-13(9(2)3)20-17-12/h9-11H,4-8,15H2,1-3H3. The number of aromatic nitrogens is 2. The van der Waals surface area contributed by atoms with Crippen LogP contribution in [-0.4, -0.2) is 33.5 Å². The van der Waals surface area contributed by atoms with Gasteiger partial charge in [0, 0.05) is 12.5 Å². The van der Waals surface area contributed by atoms with Crippen molar-refractivity contribution < 1.29 is 9.32 Å². The molecular formula is C14H24N4O2. The summed E-state index contributed by atoms with van der Waals surface area (Å²) in [6.45, 7) is 6.77. The first-order valence-electron chi connectivity index (χ1n) is 7.44. The second-order valence-corrected chi connectivity index (χ2v) is 5.73. The lowest BCUT2D eigenvalue weighted by Crippen LogP contribution is -2.43.